The third-order valence-electron chi connectivity index (χ3n) is 1.60. The molecule has 0 aromatic heterocycles. The average molecular weight is 152 g/mol. The van der Waals surface area contributed by atoms with Gasteiger partial charge in [-0.05, 0) is 0 Å². The Balaban J connectivity index is 2.77. The quantitative estimate of drug-likeness (QED) is 0.379. The van der Waals surface area contributed by atoms with E-state index in [4.69, 9.17) is 0 Å². The van der Waals surface area contributed by atoms with Gasteiger partial charge in [0.1, 0.15) is 11.5 Å². The highest BCUT2D eigenvalue weighted by Gasteiger charge is 2.38. The molecule has 1 aliphatic rings. The maximum atomic E-state index is 10.8. The van der Waals surface area contributed by atoms with E-state index in [0.29, 0.717) is 0 Å². The summed E-state index contributed by atoms with van der Waals surface area (Å²) in [5.41, 5.74) is 7.34. The fraction of sp³-hybridized carbons (Fsp3) is 1.00. The van der Waals surface area contributed by atoms with Crippen molar-refractivity contribution < 1.29 is 19.9 Å². The lowest BCUT2D eigenvalue weighted by molar-refractivity contribution is -0.515. The Morgan fingerprint density at radius 1 is 1.11 bits per heavy atom. The molecular weight excluding hydrogens is 140 g/mol. The van der Waals surface area contributed by atoms with Crippen LogP contribution in [0.2, 0.25) is 0 Å². The molecule has 9 heavy (non-hydrogen) atoms. The Hall–Kier alpha value is -0.130. The summed E-state index contributed by atoms with van der Waals surface area (Å²) in [4.78, 5) is 0. The molecule has 0 aromatic rings. The van der Waals surface area contributed by atoms with Gasteiger partial charge in [-0.15, -0.1) is 0 Å². The standard InChI is InChI=1S/C4H10N2O2S/c5-3-1-9(7,8)2-4(3)6/h3-4H,1-2,5-6H2/p+2/t3-,4-/m1/s1. The molecule has 6 N–H and O–H groups in total. The van der Waals surface area contributed by atoms with E-state index >= 15 is 0 Å². The molecule has 1 saturated heterocycles. The molecular formula is C4H12N2O2S+2. The molecule has 0 saturated carbocycles. The smallest absolute Gasteiger partial charge is 0.162 e. The largest absolute Gasteiger partial charge is 0.349 e. The minimum absolute atomic E-state index is 0.00926. The molecule has 1 heterocycles. The van der Waals surface area contributed by atoms with Crippen molar-refractivity contribution in [2.24, 2.45) is 0 Å². The second-order valence-corrected chi connectivity index (χ2v) is 4.75. The zero-order valence-corrected chi connectivity index (χ0v) is 6.02. The summed E-state index contributed by atoms with van der Waals surface area (Å²) in [6.45, 7) is 0. The number of hydrogen-bond donors (Lipinski definition) is 2. The van der Waals surface area contributed by atoms with Crippen molar-refractivity contribution in [1.29, 1.82) is 0 Å². The van der Waals surface area contributed by atoms with Crippen LogP contribution in [0.4, 0.5) is 0 Å². The second kappa shape index (κ2) is 1.93. The minimum atomic E-state index is -2.77. The van der Waals surface area contributed by atoms with Crippen LogP contribution in [0, 0.1) is 0 Å². The first-order chi connectivity index (χ1) is 4.01. The lowest BCUT2D eigenvalue weighted by Crippen LogP contribution is -2.79. The fourth-order valence-corrected chi connectivity index (χ4v) is 2.98. The van der Waals surface area contributed by atoms with Crippen molar-refractivity contribution in [2.45, 2.75) is 12.1 Å². The maximum Gasteiger partial charge on any atom is 0.162 e. The summed E-state index contributed by atoms with van der Waals surface area (Å²) in [6, 6.07) is 0.0185. The van der Waals surface area contributed by atoms with E-state index in [0.717, 1.165) is 0 Å². The van der Waals surface area contributed by atoms with Gasteiger partial charge in [0.15, 0.2) is 21.9 Å². The fourth-order valence-electron chi connectivity index (χ4n) is 0.993. The molecule has 0 bridgehead atoms. The lowest BCUT2D eigenvalue weighted by atomic mass is 10.2. The highest BCUT2D eigenvalue weighted by Crippen LogP contribution is 2.04. The molecule has 1 aliphatic heterocycles. The zero-order chi connectivity index (χ0) is 7.07. The third kappa shape index (κ3) is 1.41. The van der Waals surface area contributed by atoms with E-state index in [1.165, 1.54) is 0 Å². The molecule has 54 valence electrons. The van der Waals surface area contributed by atoms with E-state index in [1.807, 2.05) is 0 Å². The van der Waals surface area contributed by atoms with Gasteiger partial charge in [-0.3, -0.25) is 0 Å². The van der Waals surface area contributed by atoms with Crippen molar-refractivity contribution in [2.75, 3.05) is 11.5 Å². The predicted octanol–water partition coefficient (Wildman–Crippen LogP) is -3.36. The Morgan fingerprint density at radius 3 is 1.56 bits per heavy atom. The van der Waals surface area contributed by atoms with Gasteiger partial charge in [-0.2, -0.15) is 0 Å². The Labute approximate surface area is 54.1 Å². The van der Waals surface area contributed by atoms with E-state index in [2.05, 4.69) is 11.5 Å². The summed E-state index contributed by atoms with van der Waals surface area (Å²) in [5.74, 6) is 0.447. The first-order valence-corrected chi connectivity index (χ1v) is 4.70. The Bertz CT molecular complexity index is 183. The topological polar surface area (TPSA) is 89.4 Å². The number of quaternary nitrogens is 2. The predicted molar refractivity (Wildman–Crippen MR) is 32.0 cm³/mol. The van der Waals surface area contributed by atoms with Crippen molar-refractivity contribution in [3.63, 3.8) is 0 Å². The molecule has 2 atom stereocenters. The van der Waals surface area contributed by atoms with E-state index in [9.17, 15) is 8.42 Å². The van der Waals surface area contributed by atoms with Crippen LogP contribution in [-0.4, -0.2) is 32.0 Å². The molecule has 0 aliphatic carbocycles. The summed E-state index contributed by atoms with van der Waals surface area (Å²) in [7, 11) is -2.77. The van der Waals surface area contributed by atoms with Crippen LogP contribution in [0.25, 0.3) is 0 Å². The van der Waals surface area contributed by atoms with Crippen molar-refractivity contribution in [1.82, 2.24) is 0 Å². The second-order valence-electron chi connectivity index (χ2n) is 2.60. The van der Waals surface area contributed by atoms with Crippen LogP contribution in [0.1, 0.15) is 0 Å². The molecule has 0 spiro atoms. The highest BCUT2D eigenvalue weighted by atomic mass is 32.2. The molecule has 0 unspecified atom stereocenters. The SMILES string of the molecule is [NH3+][C@@H]1CS(=O)(=O)C[C@H]1[NH3+]. The van der Waals surface area contributed by atoms with E-state index in [-0.39, 0.29) is 23.6 Å². The van der Waals surface area contributed by atoms with Gasteiger partial charge in [-0.1, -0.05) is 0 Å². The van der Waals surface area contributed by atoms with E-state index in [1.54, 1.807) is 0 Å². The highest BCUT2D eigenvalue weighted by molar-refractivity contribution is 7.91. The monoisotopic (exact) mass is 152 g/mol. The minimum Gasteiger partial charge on any atom is -0.349 e. The van der Waals surface area contributed by atoms with Gasteiger partial charge < -0.3 is 11.5 Å². The van der Waals surface area contributed by atoms with Gasteiger partial charge in [0, 0.05) is 0 Å². The van der Waals surface area contributed by atoms with Gasteiger partial charge in [0.25, 0.3) is 0 Å². The summed E-state index contributed by atoms with van der Waals surface area (Å²) < 4.78 is 21.5. The maximum absolute atomic E-state index is 10.8. The summed E-state index contributed by atoms with van der Waals surface area (Å²) in [6.07, 6.45) is 0. The normalized spacial score (nSPS) is 41.1. The Morgan fingerprint density at radius 2 is 1.44 bits per heavy atom. The van der Waals surface area contributed by atoms with Crippen LogP contribution >= 0.6 is 0 Å². The van der Waals surface area contributed by atoms with Gasteiger partial charge in [0.2, 0.25) is 0 Å². The van der Waals surface area contributed by atoms with Crippen LogP contribution in [-0.2, 0) is 9.84 Å². The molecule has 1 rings (SSSR count). The summed E-state index contributed by atoms with van der Waals surface area (Å²) >= 11 is 0. The first kappa shape index (κ1) is 6.98. The Kier molecular flexibility index (Phi) is 1.50. The first-order valence-electron chi connectivity index (χ1n) is 2.88. The van der Waals surface area contributed by atoms with Gasteiger partial charge >= 0.3 is 0 Å². The summed E-state index contributed by atoms with van der Waals surface area (Å²) in [5, 5.41) is 0. The lowest BCUT2D eigenvalue weighted by Gasteiger charge is -1.95. The molecule has 1 fully saturated rings. The van der Waals surface area contributed by atoms with Gasteiger partial charge in [-0.25, -0.2) is 8.42 Å². The average Bonchev–Trinajstić information content (AvgIpc) is 1.79. The third-order valence-corrected chi connectivity index (χ3v) is 3.47. The van der Waals surface area contributed by atoms with Crippen LogP contribution in [0.15, 0.2) is 0 Å². The number of sulfone groups is 1. The van der Waals surface area contributed by atoms with Crippen molar-refractivity contribution in [3.8, 4) is 0 Å². The van der Waals surface area contributed by atoms with Crippen LogP contribution in [0.5, 0.6) is 0 Å². The molecule has 5 heteroatoms. The van der Waals surface area contributed by atoms with Crippen molar-refractivity contribution >= 4 is 9.84 Å². The molecule has 0 amide bonds. The van der Waals surface area contributed by atoms with Crippen molar-refractivity contribution in [3.05, 3.63) is 0 Å². The van der Waals surface area contributed by atoms with Crippen LogP contribution < -0.4 is 11.5 Å². The number of rotatable bonds is 0. The van der Waals surface area contributed by atoms with E-state index < -0.39 is 9.84 Å². The van der Waals surface area contributed by atoms with Crippen LogP contribution in [0.3, 0.4) is 0 Å². The molecule has 0 radical (unpaired) electrons. The molecule has 0 aromatic carbocycles. The molecule has 4 nitrogen and oxygen atoms in total. The zero-order valence-electron chi connectivity index (χ0n) is 5.21. The number of hydrogen-bond acceptors (Lipinski definition) is 2. The van der Waals surface area contributed by atoms with Gasteiger partial charge in [0.05, 0.1) is 0 Å².